The lowest BCUT2D eigenvalue weighted by molar-refractivity contribution is -0.138. The second-order valence-electron chi connectivity index (χ2n) is 8.74. The monoisotopic (exact) mass is 515 g/mol. The maximum Gasteiger partial charge on any atom is 0.416 e. The minimum absolute atomic E-state index is 0.0138. The summed E-state index contributed by atoms with van der Waals surface area (Å²) in [4.78, 5) is 13.3. The second-order valence-corrected chi connectivity index (χ2v) is 8.74. The molecule has 5 rings (SSSR count). The van der Waals surface area contributed by atoms with E-state index in [1.807, 2.05) is 29.9 Å². The Balaban J connectivity index is 1.57. The standard InChI is InChI=1S/C27H19F6N3O/c1-35-10-9-17-13-21(6-8-22(17)35)34-25(37)24-14-18-12-20(27(31,32)33)5-7-23(18)36(24)15-16-3-2-4-19(11-16)26(28,29)30/h2-14H,15H2,1H3,(H,34,37). The molecule has 4 nitrogen and oxygen atoms in total. The van der Waals surface area contributed by atoms with Crippen molar-refractivity contribution in [3.05, 3.63) is 101 Å². The molecule has 0 atom stereocenters. The fraction of sp³-hybridized carbons (Fsp3) is 0.148. The van der Waals surface area contributed by atoms with Crippen LogP contribution in [0, 0.1) is 0 Å². The number of halogens is 6. The number of nitrogens with one attached hydrogen (secondary N) is 1. The molecule has 0 bridgehead atoms. The van der Waals surface area contributed by atoms with Gasteiger partial charge < -0.3 is 14.5 Å². The number of aromatic nitrogens is 2. The molecule has 2 aromatic heterocycles. The number of hydrogen-bond acceptors (Lipinski definition) is 1. The van der Waals surface area contributed by atoms with Gasteiger partial charge in [0.15, 0.2) is 0 Å². The van der Waals surface area contributed by atoms with Crippen LogP contribution in [0.25, 0.3) is 21.8 Å². The van der Waals surface area contributed by atoms with Crippen molar-refractivity contribution in [3.8, 4) is 0 Å². The molecule has 0 aliphatic rings. The third-order valence-electron chi connectivity index (χ3n) is 6.20. The summed E-state index contributed by atoms with van der Waals surface area (Å²) in [5, 5.41) is 3.77. The zero-order valence-corrected chi connectivity index (χ0v) is 19.3. The molecule has 190 valence electrons. The molecule has 0 fully saturated rings. The SMILES string of the molecule is Cn1ccc2cc(NC(=O)c3cc4cc(C(F)(F)F)ccc4n3Cc3cccc(C(F)(F)F)c3)ccc21. The number of rotatable bonds is 4. The van der Waals surface area contributed by atoms with Crippen molar-refractivity contribution in [2.24, 2.45) is 7.05 Å². The first-order valence-electron chi connectivity index (χ1n) is 11.1. The van der Waals surface area contributed by atoms with E-state index >= 15 is 0 Å². The van der Waals surface area contributed by atoms with Crippen LogP contribution in [0.4, 0.5) is 32.0 Å². The van der Waals surface area contributed by atoms with E-state index in [1.165, 1.54) is 28.8 Å². The van der Waals surface area contributed by atoms with Crippen LogP contribution in [0.3, 0.4) is 0 Å². The van der Waals surface area contributed by atoms with E-state index in [-0.39, 0.29) is 28.7 Å². The van der Waals surface area contributed by atoms with E-state index in [0.29, 0.717) is 5.69 Å². The van der Waals surface area contributed by atoms with Gasteiger partial charge in [-0.2, -0.15) is 26.3 Å². The number of amides is 1. The summed E-state index contributed by atoms with van der Waals surface area (Å²) in [5.74, 6) is -0.605. The fourth-order valence-corrected chi connectivity index (χ4v) is 4.39. The molecule has 0 unspecified atom stereocenters. The normalized spacial score (nSPS) is 12.4. The van der Waals surface area contributed by atoms with Crippen LogP contribution in [0.2, 0.25) is 0 Å². The van der Waals surface area contributed by atoms with E-state index in [2.05, 4.69) is 5.32 Å². The van der Waals surface area contributed by atoms with Crippen LogP contribution >= 0.6 is 0 Å². The van der Waals surface area contributed by atoms with Crippen molar-refractivity contribution in [1.29, 1.82) is 0 Å². The molecular weight excluding hydrogens is 496 g/mol. The Hall–Kier alpha value is -4.21. The number of benzene rings is 3. The largest absolute Gasteiger partial charge is 0.416 e. The Morgan fingerprint density at radius 1 is 0.784 bits per heavy atom. The highest BCUT2D eigenvalue weighted by atomic mass is 19.4. The third-order valence-corrected chi connectivity index (χ3v) is 6.20. The maximum atomic E-state index is 13.3. The average Bonchev–Trinajstić information content (AvgIpc) is 3.38. The summed E-state index contributed by atoms with van der Waals surface area (Å²) < 4.78 is 83.0. The molecule has 2 heterocycles. The smallest absolute Gasteiger partial charge is 0.351 e. The van der Waals surface area contributed by atoms with Crippen molar-refractivity contribution in [3.63, 3.8) is 0 Å². The average molecular weight is 515 g/mol. The van der Waals surface area contributed by atoms with Gasteiger partial charge in [0, 0.05) is 47.3 Å². The lowest BCUT2D eigenvalue weighted by atomic mass is 10.1. The summed E-state index contributed by atoms with van der Waals surface area (Å²) in [6.45, 7) is -0.154. The topological polar surface area (TPSA) is 39.0 Å². The zero-order valence-electron chi connectivity index (χ0n) is 19.3. The van der Waals surface area contributed by atoms with Gasteiger partial charge >= 0.3 is 12.4 Å². The minimum Gasteiger partial charge on any atom is -0.351 e. The van der Waals surface area contributed by atoms with Crippen LogP contribution in [0.15, 0.2) is 79.0 Å². The lowest BCUT2D eigenvalue weighted by Crippen LogP contribution is -2.17. The van der Waals surface area contributed by atoms with Crippen LogP contribution in [-0.2, 0) is 25.9 Å². The molecule has 1 N–H and O–H groups in total. The lowest BCUT2D eigenvalue weighted by Gasteiger charge is -2.14. The van der Waals surface area contributed by atoms with E-state index < -0.39 is 29.4 Å². The van der Waals surface area contributed by atoms with Gasteiger partial charge in [0.1, 0.15) is 5.69 Å². The van der Waals surface area contributed by atoms with Gasteiger partial charge in [-0.3, -0.25) is 4.79 Å². The van der Waals surface area contributed by atoms with Gasteiger partial charge in [0.25, 0.3) is 5.91 Å². The van der Waals surface area contributed by atoms with Crippen LogP contribution in [0.5, 0.6) is 0 Å². The number of anilines is 1. The maximum absolute atomic E-state index is 13.3. The van der Waals surface area contributed by atoms with Crippen LogP contribution < -0.4 is 5.32 Å². The molecule has 0 saturated carbocycles. The van der Waals surface area contributed by atoms with Crippen molar-refractivity contribution in [1.82, 2.24) is 9.13 Å². The summed E-state index contributed by atoms with van der Waals surface area (Å²) >= 11 is 0. The number of aryl methyl sites for hydroxylation is 1. The molecule has 0 spiro atoms. The molecule has 3 aromatic carbocycles. The molecule has 37 heavy (non-hydrogen) atoms. The third kappa shape index (κ3) is 4.78. The van der Waals surface area contributed by atoms with Crippen molar-refractivity contribution < 1.29 is 31.1 Å². The van der Waals surface area contributed by atoms with E-state index in [4.69, 9.17) is 0 Å². The van der Waals surface area contributed by atoms with Gasteiger partial charge in [0.2, 0.25) is 0 Å². The second kappa shape index (κ2) is 8.72. The Labute approximate surface area is 206 Å². The van der Waals surface area contributed by atoms with Gasteiger partial charge in [0.05, 0.1) is 11.1 Å². The van der Waals surface area contributed by atoms with E-state index in [1.54, 1.807) is 12.1 Å². The Morgan fingerprint density at radius 3 is 2.22 bits per heavy atom. The first-order chi connectivity index (χ1) is 17.4. The highest BCUT2D eigenvalue weighted by Gasteiger charge is 2.32. The Bertz CT molecular complexity index is 1640. The highest BCUT2D eigenvalue weighted by Crippen LogP contribution is 2.34. The number of carbonyl (C=O) groups excluding carboxylic acids is 1. The van der Waals surface area contributed by atoms with Gasteiger partial charge in [-0.25, -0.2) is 0 Å². The van der Waals surface area contributed by atoms with E-state index in [9.17, 15) is 31.1 Å². The predicted octanol–water partition coefficient (Wildman–Crippen LogP) is 7.47. The number of alkyl halides is 6. The van der Waals surface area contributed by atoms with Crippen molar-refractivity contribution in [2.75, 3.05) is 5.32 Å². The summed E-state index contributed by atoms with van der Waals surface area (Å²) in [6.07, 6.45) is -7.29. The number of hydrogen-bond donors (Lipinski definition) is 1. The number of fused-ring (bicyclic) bond motifs is 2. The van der Waals surface area contributed by atoms with Crippen LogP contribution in [0.1, 0.15) is 27.2 Å². The fourth-order valence-electron chi connectivity index (χ4n) is 4.39. The molecule has 0 aliphatic heterocycles. The highest BCUT2D eigenvalue weighted by molar-refractivity contribution is 6.07. The van der Waals surface area contributed by atoms with Crippen molar-refractivity contribution >= 4 is 33.4 Å². The first kappa shape index (κ1) is 24.5. The first-order valence-corrected chi connectivity index (χ1v) is 11.1. The van der Waals surface area contributed by atoms with E-state index in [0.717, 1.165) is 35.2 Å². The molecule has 0 radical (unpaired) electrons. The summed E-state index contributed by atoms with van der Waals surface area (Å²) in [6, 6.07) is 16.1. The van der Waals surface area contributed by atoms with Crippen molar-refractivity contribution in [2.45, 2.75) is 18.9 Å². The van der Waals surface area contributed by atoms with Gasteiger partial charge in [-0.05, 0) is 66.2 Å². The quantitative estimate of drug-likeness (QED) is 0.248. The molecular formula is C27H19F6N3O. The predicted molar refractivity (Wildman–Crippen MR) is 128 cm³/mol. The van der Waals surface area contributed by atoms with Gasteiger partial charge in [-0.15, -0.1) is 0 Å². The van der Waals surface area contributed by atoms with Gasteiger partial charge in [-0.1, -0.05) is 12.1 Å². The Kier molecular flexibility index (Phi) is 5.77. The molecule has 0 saturated heterocycles. The Morgan fingerprint density at radius 2 is 1.49 bits per heavy atom. The molecule has 1 amide bonds. The minimum atomic E-state index is -4.59. The zero-order chi connectivity index (χ0) is 26.5. The summed E-state index contributed by atoms with van der Waals surface area (Å²) in [7, 11) is 1.88. The number of carbonyl (C=O) groups is 1. The molecule has 10 heteroatoms. The number of nitrogens with zero attached hydrogens (tertiary/aromatic N) is 2. The summed E-state index contributed by atoms with van der Waals surface area (Å²) in [5.41, 5.74) is 0.202. The van der Waals surface area contributed by atoms with Crippen LogP contribution in [-0.4, -0.2) is 15.0 Å². The molecule has 0 aliphatic carbocycles. The molecule has 5 aromatic rings.